The molecular weight excluding hydrogens is 338 g/mol. The van der Waals surface area contributed by atoms with E-state index in [0.29, 0.717) is 18.7 Å². The highest BCUT2D eigenvalue weighted by Crippen LogP contribution is 2.19. The summed E-state index contributed by atoms with van der Waals surface area (Å²) >= 11 is 0. The van der Waals surface area contributed by atoms with E-state index in [1.807, 2.05) is 49.9 Å². The number of piperidine rings is 1. The van der Waals surface area contributed by atoms with Crippen LogP contribution in [0.3, 0.4) is 0 Å². The Bertz CT molecular complexity index is 581. The van der Waals surface area contributed by atoms with Gasteiger partial charge in [0, 0.05) is 36.7 Å². The number of carbonyl (C=O) groups excluding carboxylic acids is 2. The molecule has 2 rings (SSSR count). The first-order valence-electron chi connectivity index (χ1n) is 8.71. The maximum absolute atomic E-state index is 12.7. The summed E-state index contributed by atoms with van der Waals surface area (Å²) in [7, 11) is 0. The van der Waals surface area contributed by atoms with Crippen molar-refractivity contribution in [1.82, 2.24) is 10.2 Å². The number of carbonyl (C=O) groups is 2. The molecule has 1 atom stereocenters. The highest BCUT2D eigenvalue weighted by atomic mass is 35.5. The van der Waals surface area contributed by atoms with Gasteiger partial charge in [-0.3, -0.25) is 9.59 Å². The van der Waals surface area contributed by atoms with Crippen LogP contribution in [0.2, 0.25) is 0 Å². The number of amides is 2. The lowest BCUT2D eigenvalue weighted by molar-refractivity contribution is -0.128. The molecule has 0 aliphatic carbocycles. The molecule has 6 heteroatoms. The van der Waals surface area contributed by atoms with Crippen molar-refractivity contribution < 1.29 is 9.59 Å². The first-order valence-corrected chi connectivity index (χ1v) is 8.71. The fraction of sp³-hybridized carbons (Fsp3) is 0.579. The zero-order chi connectivity index (χ0) is 17.7. The Kier molecular flexibility index (Phi) is 7.90. The van der Waals surface area contributed by atoms with Crippen LogP contribution in [0.1, 0.15) is 56.0 Å². The number of nitrogens with zero attached hydrogens (tertiary/aromatic N) is 1. The molecule has 25 heavy (non-hydrogen) atoms. The number of nitrogens with one attached hydrogen (secondary N) is 1. The molecule has 1 aromatic rings. The summed E-state index contributed by atoms with van der Waals surface area (Å²) in [5.74, 6) is 0.0668. The fourth-order valence-corrected chi connectivity index (χ4v) is 2.89. The molecule has 1 aromatic carbocycles. The smallest absolute Gasteiger partial charge is 0.254 e. The van der Waals surface area contributed by atoms with Crippen molar-refractivity contribution in [2.24, 2.45) is 11.1 Å². The van der Waals surface area contributed by atoms with Gasteiger partial charge in [0.2, 0.25) is 5.91 Å². The van der Waals surface area contributed by atoms with Crippen molar-refractivity contribution in [2.45, 2.75) is 52.6 Å². The van der Waals surface area contributed by atoms with Crippen LogP contribution in [0, 0.1) is 5.41 Å². The van der Waals surface area contributed by atoms with E-state index in [0.717, 1.165) is 31.4 Å². The average Bonchev–Trinajstić information content (AvgIpc) is 2.58. The summed E-state index contributed by atoms with van der Waals surface area (Å²) in [5.41, 5.74) is 7.07. The van der Waals surface area contributed by atoms with Crippen LogP contribution in [0.5, 0.6) is 0 Å². The molecule has 2 amide bonds. The molecule has 1 saturated heterocycles. The lowest BCUT2D eigenvalue weighted by Crippen LogP contribution is -2.47. The molecule has 0 bridgehead atoms. The van der Waals surface area contributed by atoms with Crippen LogP contribution >= 0.6 is 12.4 Å². The Morgan fingerprint density at radius 2 is 1.84 bits per heavy atom. The molecule has 1 aliphatic rings. The quantitative estimate of drug-likeness (QED) is 0.859. The molecule has 0 aromatic heterocycles. The zero-order valence-corrected chi connectivity index (χ0v) is 16.2. The first kappa shape index (κ1) is 21.5. The Labute approximate surface area is 156 Å². The predicted molar refractivity (Wildman–Crippen MR) is 103 cm³/mol. The number of halogens is 1. The topological polar surface area (TPSA) is 75.4 Å². The highest BCUT2D eigenvalue weighted by molar-refractivity contribution is 5.94. The van der Waals surface area contributed by atoms with Gasteiger partial charge in [-0.25, -0.2) is 0 Å². The molecule has 3 N–H and O–H groups in total. The van der Waals surface area contributed by atoms with E-state index in [1.54, 1.807) is 0 Å². The standard InChI is InChI=1S/C19H29N3O2.ClH/c1-19(2,3)18(24)21-13-14-7-9-15(10-8-14)17(23)22-11-5-4-6-16(22)12-20;/h7-10,16H,4-6,11-13,20H2,1-3H3,(H,21,24);1H. The van der Waals surface area contributed by atoms with Crippen molar-refractivity contribution in [3.8, 4) is 0 Å². The van der Waals surface area contributed by atoms with Crippen LogP contribution in [-0.4, -0.2) is 35.8 Å². The van der Waals surface area contributed by atoms with Crippen LogP contribution < -0.4 is 11.1 Å². The second-order valence-electron chi connectivity index (χ2n) is 7.51. The Hall–Kier alpha value is -1.59. The van der Waals surface area contributed by atoms with Gasteiger partial charge >= 0.3 is 0 Å². The second kappa shape index (κ2) is 9.20. The SMILES string of the molecule is CC(C)(C)C(=O)NCc1ccc(C(=O)N2CCCCC2CN)cc1.Cl. The minimum Gasteiger partial charge on any atom is -0.352 e. The molecule has 0 saturated carbocycles. The van der Waals surface area contributed by atoms with E-state index >= 15 is 0 Å². The van der Waals surface area contributed by atoms with Gasteiger partial charge in [0.15, 0.2) is 0 Å². The van der Waals surface area contributed by atoms with Crippen molar-refractivity contribution in [2.75, 3.05) is 13.1 Å². The van der Waals surface area contributed by atoms with Gasteiger partial charge in [-0.15, -0.1) is 12.4 Å². The summed E-state index contributed by atoms with van der Waals surface area (Å²) in [6, 6.07) is 7.62. The first-order chi connectivity index (χ1) is 11.3. The Morgan fingerprint density at radius 3 is 2.40 bits per heavy atom. The van der Waals surface area contributed by atoms with Gasteiger partial charge in [-0.2, -0.15) is 0 Å². The van der Waals surface area contributed by atoms with Gasteiger partial charge in [0.25, 0.3) is 5.91 Å². The van der Waals surface area contributed by atoms with Gasteiger partial charge in [0.1, 0.15) is 0 Å². The third-order valence-corrected chi connectivity index (χ3v) is 4.50. The third-order valence-electron chi connectivity index (χ3n) is 4.50. The van der Waals surface area contributed by atoms with Crippen LogP contribution in [0.15, 0.2) is 24.3 Å². The highest BCUT2D eigenvalue weighted by Gasteiger charge is 2.26. The van der Waals surface area contributed by atoms with Gasteiger partial charge in [0.05, 0.1) is 0 Å². The number of likely N-dealkylation sites (tertiary alicyclic amines) is 1. The van der Waals surface area contributed by atoms with Crippen LogP contribution in [0.25, 0.3) is 0 Å². The largest absolute Gasteiger partial charge is 0.352 e. The minimum atomic E-state index is -0.401. The van der Waals surface area contributed by atoms with E-state index in [1.165, 1.54) is 0 Å². The van der Waals surface area contributed by atoms with E-state index in [9.17, 15) is 9.59 Å². The molecule has 1 heterocycles. The molecule has 5 nitrogen and oxygen atoms in total. The summed E-state index contributed by atoms with van der Waals surface area (Å²) < 4.78 is 0. The molecule has 1 unspecified atom stereocenters. The number of rotatable bonds is 4. The average molecular weight is 368 g/mol. The number of benzene rings is 1. The molecule has 1 fully saturated rings. The lowest BCUT2D eigenvalue weighted by atomic mass is 9.95. The van der Waals surface area contributed by atoms with Crippen molar-refractivity contribution >= 4 is 24.2 Å². The summed E-state index contributed by atoms with van der Waals surface area (Å²) in [5, 5.41) is 2.92. The summed E-state index contributed by atoms with van der Waals surface area (Å²) in [6.07, 6.45) is 3.16. The molecule has 0 radical (unpaired) electrons. The second-order valence-corrected chi connectivity index (χ2v) is 7.51. The van der Waals surface area contributed by atoms with E-state index in [2.05, 4.69) is 5.32 Å². The van der Waals surface area contributed by atoms with Gasteiger partial charge in [-0.1, -0.05) is 32.9 Å². The van der Waals surface area contributed by atoms with Crippen molar-refractivity contribution in [1.29, 1.82) is 0 Å². The van der Waals surface area contributed by atoms with Crippen molar-refractivity contribution in [3.63, 3.8) is 0 Å². The van der Waals surface area contributed by atoms with E-state index in [-0.39, 0.29) is 30.3 Å². The maximum atomic E-state index is 12.7. The monoisotopic (exact) mass is 367 g/mol. The lowest BCUT2D eigenvalue weighted by Gasteiger charge is -2.35. The number of nitrogens with two attached hydrogens (primary N) is 1. The summed E-state index contributed by atoms with van der Waals surface area (Å²) in [6.45, 7) is 7.43. The maximum Gasteiger partial charge on any atom is 0.254 e. The third kappa shape index (κ3) is 5.72. The van der Waals surface area contributed by atoms with Gasteiger partial charge in [-0.05, 0) is 37.0 Å². The number of hydrogen-bond donors (Lipinski definition) is 2. The molecule has 0 spiro atoms. The minimum absolute atomic E-state index is 0. The predicted octanol–water partition coefficient (Wildman–Crippen LogP) is 2.72. The normalized spacial score (nSPS) is 17.6. The summed E-state index contributed by atoms with van der Waals surface area (Å²) in [4.78, 5) is 26.5. The van der Waals surface area contributed by atoms with Crippen LogP contribution in [-0.2, 0) is 11.3 Å². The zero-order valence-electron chi connectivity index (χ0n) is 15.4. The van der Waals surface area contributed by atoms with E-state index in [4.69, 9.17) is 5.73 Å². The van der Waals surface area contributed by atoms with Crippen LogP contribution in [0.4, 0.5) is 0 Å². The van der Waals surface area contributed by atoms with Crippen molar-refractivity contribution in [3.05, 3.63) is 35.4 Å². The molecular formula is C19H30ClN3O2. The molecule has 140 valence electrons. The molecule has 1 aliphatic heterocycles. The fourth-order valence-electron chi connectivity index (χ4n) is 2.89. The Balaban J connectivity index is 0.00000312. The Morgan fingerprint density at radius 1 is 1.20 bits per heavy atom. The van der Waals surface area contributed by atoms with Gasteiger partial charge < -0.3 is 16.0 Å². The van der Waals surface area contributed by atoms with E-state index < -0.39 is 5.41 Å². The number of hydrogen-bond acceptors (Lipinski definition) is 3.